The molecule has 0 aliphatic rings. The number of aromatic nitrogens is 4. The van der Waals surface area contributed by atoms with Crippen LogP contribution in [0.3, 0.4) is 0 Å². The Morgan fingerprint density at radius 1 is 1.04 bits per heavy atom. The van der Waals surface area contributed by atoms with Gasteiger partial charge in [0, 0.05) is 11.6 Å². The summed E-state index contributed by atoms with van der Waals surface area (Å²) in [6, 6.07) is 17.6. The van der Waals surface area contributed by atoms with Crippen LogP contribution in [0, 0.1) is 6.92 Å². The van der Waals surface area contributed by atoms with Crippen LogP contribution in [0.25, 0.3) is 16.5 Å². The van der Waals surface area contributed by atoms with Crippen molar-refractivity contribution in [1.82, 2.24) is 19.6 Å². The van der Waals surface area contributed by atoms with Gasteiger partial charge in [-0.2, -0.15) is 0 Å². The quantitative estimate of drug-likeness (QED) is 0.584. The molecule has 0 amide bonds. The molecule has 0 fully saturated rings. The zero-order chi connectivity index (χ0) is 16.5. The fourth-order valence-corrected chi connectivity index (χ4v) is 2.77. The highest BCUT2D eigenvalue weighted by Crippen LogP contribution is 2.12. The Labute approximate surface area is 138 Å². The maximum Gasteiger partial charge on any atom is 0.258 e. The van der Waals surface area contributed by atoms with Crippen LogP contribution in [-0.4, -0.2) is 19.6 Å². The van der Waals surface area contributed by atoms with Crippen LogP contribution in [0.1, 0.15) is 11.3 Å². The van der Waals surface area contributed by atoms with Gasteiger partial charge < -0.3 is 4.57 Å². The largest absolute Gasteiger partial charge is 0.309 e. The first-order chi connectivity index (χ1) is 11.7. The van der Waals surface area contributed by atoms with Crippen molar-refractivity contribution in [2.45, 2.75) is 13.5 Å². The molecule has 0 atom stereocenters. The van der Waals surface area contributed by atoms with Gasteiger partial charge in [-0.15, -0.1) is 5.10 Å². The van der Waals surface area contributed by atoms with Crippen molar-refractivity contribution in [3.05, 3.63) is 88.6 Å². The average molecular weight is 316 g/mol. The summed E-state index contributed by atoms with van der Waals surface area (Å²) in [4.78, 5) is 12.7. The van der Waals surface area contributed by atoms with Crippen molar-refractivity contribution in [2.75, 3.05) is 0 Å². The van der Waals surface area contributed by atoms with Crippen LogP contribution in [0.15, 0.2) is 71.8 Å². The summed E-state index contributed by atoms with van der Waals surface area (Å²) in [7, 11) is 0. The molecule has 0 bridgehead atoms. The van der Waals surface area contributed by atoms with Crippen molar-refractivity contribution in [3.63, 3.8) is 0 Å². The van der Waals surface area contributed by atoms with Crippen molar-refractivity contribution in [3.8, 4) is 5.69 Å². The lowest BCUT2D eigenvalue weighted by molar-refractivity contribution is 0.736. The summed E-state index contributed by atoms with van der Waals surface area (Å²) in [5.74, 6) is 0. The summed E-state index contributed by atoms with van der Waals surface area (Å²) in [6.07, 6.45) is 3.66. The SMILES string of the molecule is Cc1ccc2ccn(Cc3cn(-c4ccccc4)nn3)c(=O)c2c1. The third kappa shape index (κ3) is 2.60. The summed E-state index contributed by atoms with van der Waals surface area (Å²) in [6.45, 7) is 2.39. The number of hydrogen-bond donors (Lipinski definition) is 0. The molecular weight excluding hydrogens is 300 g/mol. The molecule has 0 unspecified atom stereocenters. The molecule has 2 aromatic heterocycles. The van der Waals surface area contributed by atoms with Gasteiger partial charge in [-0.3, -0.25) is 4.79 Å². The lowest BCUT2D eigenvalue weighted by atomic mass is 10.1. The van der Waals surface area contributed by atoms with Gasteiger partial charge in [0.2, 0.25) is 0 Å². The van der Waals surface area contributed by atoms with E-state index in [1.54, 1.807) is 9.25 Å². The van der Waals surface area contributed by atoms with Crippen molar-refractivity contribution >= 4 is 10.8 Å². The molecule has 2 aromatic carbocycles. The standard InChI is InChI=1S/C19H16N4O/c1-14-7-8-15-9-10-22(19(24)18(15)11-14)12-16-13-23(21-20-16)17-5-3-2-4-6-17/h2-11,13H,12H2,1H3. The molecule has 4 rings (SSSR count). The minimum atomic E-state index is -0.00883. The van der Waals surface area contributed by atoms with Crippen molar-refractivity contribution in [2.24, 2.45) is 0 Å². The molecule has 5 nitrogen and oxygen atoms in total. The van der Waals surface area contributed by atoms with Gasteiger partial charge in [0.25, 0.3) is 5.56 Å². The number of para-hydroxylation sites is 1. The molecular formula is C19H16N4O. The molecule has 118 valence electrons. The molecule has 24 heavy (non-hydrogen) atoms. The second-order valence-electron chi connectivity index (χ2n) is 5.83. The molecule has 0 saturated heterocycles. The Morgan fingerprint density at radius 3 is 2.71 bits per heavy atom. The van der Waals surface area contributed by atoms with E-state index < -0.39 is 0 Å². The van der Waals surface area contributed by atoms with E-state index >= 15 is 0 Å². The number of rotatable bonds is 3. The molecule has 0 N–H and O–H groups in total. The molecule has 0 aliphatic heterocycles. The maximum atomic E-state index is 12.7. The summed E-state index contributed by atoms with van der Waals surface area (Å²) < 4.78 is 3.38. The normalized spacial score (nSPS) is 11.0. The lowest BCUT2D eigenvalue weighted by Gasteiger charge is -2.05. The molecule has 0 aliphatic carbocycles. The van der Waals surface area contributed by atoms with Crippen LogP contribution < -0.4 is 5.56 Å². The van der Waals surface area contributed by atoms with Gasteiger partial charge >= 0.3 is 0 Å². The van der Waals surface area contributed by atoms with Crippen LogP contribution in [0.2, 0.25) is 0 Å². The Hall–Kier alpha value is -3.21. The number of aryl methyl sites for hydroxylation is 1. The van der Waals surface area contributed by atoms with E-state index in [9.17, 15) is 4.79 Å². The molecule has 5 heteroatoms. The highest BCUT2D eigenvalue weighted by atomic mass is 16.1. The zero-order valence-corrected chi connectivity index (χ0v) is 13.3. The van der Waals surface area contributed by atoms with E-state index in [-0.39, 0.29) is 5.56 Å². The number of nitrogens with zero attached hydrogens (tertiary/aromatic N) is 4. The smallest absolute Gasteiger partial charge is 0.258 e. The fraction of sp³-hybridized carbons (Fsp3) is 0.105. The van der Waals surface area contributed by atoms with Gasteiger partial charge in [0.05, 0.1) is 18.4 Å². The summed E-state index contributed by atoms with van der Waals surface area (Å²) >= 11 is 0. The van der Waals surface area contributed by atoms with Gasteiger partial charge in [0.15, 0.2) is 0 Å². The van der Waals surface area contributed by atoms with E-state index in [0.29, 0.717) is 6.54 Å². The number of hydrogen-bond acceptors (Lipinski definition) is 3. The monoisotopic (exact) mass is 316 g/mol. The van der Waals surface area contributed by atoms with Crippen molar-refractivity contribution < 1.29 is 0 Å². The summed E-state index contributed by atoms with van der Waals surface area (Å²) in [5.41, 5.74) is 2.75. The van der Waals surface area contributed by atoms with Gasteiger partial charge in [-0.1, -0.05) is 41.1 Å². The second kappa shape index (κ2) is 5.77. The molecule has 0 spiro atoms. The third-order valence-corrected chi connectivity index (χ3v) is 4.03. The zero-order valence-electron chi connectivity index (χ0n) is 13.3. The molecule has 0 saturated carbocycles. The van der Waals surface area contributed by atoms with Gasteiger partial charge in [0.1, 0.15) is 5.69 Å². The molecule has 2 heterocycles. The first kappa shape index (κ1) is 14.4. The highest BCUT2D eigenvalue weighted by molar-refractivity contribution is 5.82. The predicted molar refractivity (Wildman–Crippen MR) is 93.4 cm³/mol. The first-order valence-electron chi connectivity index (χ1n) is 7.77. The Kier molecular flexibility index (Phi) is 3.46. The van der Waals surface area contributed by atoms with Crippen molar-refractivity contribution in [1.29, 1.82) is 0 Å². The second-order valence-corrected chi connectivity index (χ2v) is 5.83. The first-order valence-corrected chi connectivity index (χ1v) is 7.77. The Morgan fingerprint density at radius 2 is 1.88 bits per heavy atom. The summed E-state index contributed by atoms with van der Waals surface area (Å²) in [5, 5.41) is 10.0. The van der Waals surface area contributed by atoms with E-state index in [4.69, 9.17) is 0 Å². The third-order valence-electron chi connectivity index (χ3n) is 4.03. The highest BCUT2D eigenvalue weighted by Gasteiger charge is 2.07. The van der Waals surface area contributed by atoms with Crippen LogP contribution in [0.5, 0.6) is 0 Å². The van der Waals surface area contributed by atoms with E-state index in [2.05, 4.69) is 10.3 Å². The van der Waals surface area contributed by atoms with Crippen LogP contribution in [-0.2, 0) is 6.54 Å². The van der Waals surface area contributed by atoms with E-state index in [1.807, 2.05) is 73.9 Å². The molecule has 4 aromatic rings. The van der Waals surface area contributed by atoms with Gasteiger partial charge in [-0.25, -0.2) is 4.68 Å². The molecule has 0 radical (unpaired) electrons. The van der Waals surface area contributed by atoms with Crippen LogP contribution in [0.4, 0.5) is 0 Å². The van der Waals surface area contributed by atoms with Crippen LogP contribution >= 0.6 is 0 Å². The number of benzene rings is 2. The maximum absolute atomic E-state index is 12.7. The Balaban J connectivity index is 1.69. The minimum Gasteiger partial charge on any atom is -0.309 e. The predicted octanol–water partition coefficient (Wildman–Crippen LogP) is 2.94. The lowest BCUT2D eigenvalue weighted by Crippen LogP contribution is -2.20. The number of pyridine rings is 1. The Bertz CT molecular complexity index is 1060. The minimum absolute atomic E-state index is 0.00883. The van der Waals surface area contributed by atoms with Gasteiger partial charge in [-0.05, 0) is 36.6 Å². The fourth-order valence-electron chi connectivity index (χ4n) is 2.77. The van der Waals surface area contributed by atoms with E-state index in [0.717, 1.165) is 27.7 Å². The average Bonchev–Trinajstić information content (AvgIpc) is 3.07. The van der Waals surface area contributed by atoms with E-state index in [1.165, 1.54) is 0 Å². The topological polar surface area (TPSA) is 52.7 Å². The number of fused-ring (bicyclic) bond motifs is 1.